The van der Waals surface area contributed by atoms with Crippen LogP contribution in [0.25, 0.3) is 34.2 Å². The molecule has 2 aliphatic heterocycles. The zero-order valence-electron chi connectivity index (χ0n) is 17.3. The number of rotatable bonds is 1. The molecule has 0 spiro atoms. The van der Waals surface area contributed by atoms with E-state index in [2.05, 4.69) is 0 Å². The van der Waals surface area contributed by atoms with Crippen molar-refractivity contribution in [2.24, 2.45) is 0 Å². The third-order valence-electron chi connectivity index (χ3n) is 5.42. The van der Waals surface area contributed by atoms with E-state index in [9.17, 15) is 9.90 Å². The zero-order chi connectivity index (χ0) is 21.3. The second kappa shape index (κ2) is 6.02. The predicted molar refractivity (Wildman–Crippen MR) is 117 cm³/mol. The van der Waals surface area contributed by atoms with E-state index in [-0.39, 0.29) is 27.7 Å². The van der Waals surface area contributed by atoms with Gasteiger partial charge in [-0.1, -0.05) is 12.1 Å². The van der Waals surface area contributed by atoms with Gasteiger partial charge in [0.25, 0.3) is 0 Å². The van der Waals surface area contributed by atoms with Crippen LogP contribution in [0.15, 0.2) is 51.9 Å². The first-order chi connectivity index (χ1) is 14.1. The summed E-state index contributed by atoms with van der Waals surface area (Å²) in [5, 5.41) is 11.0. The summed E-state index contributed by atoms with van der Waals surface area (Å²) in [5.41, 5.74) is 1.56. The van der Waals surface area contributed by atoms with Gasteiger partial charge in [-0.15, -0.1) is 0 Å². The molecule has 0 saturated heterocycles. The van der Waals surface area contributed by atoms with Gasteiger partial charge < -0.3 is 19.0 Å². The summed E-state index contributed by atoms with van der Waals surface area (Å²) in [5.74, 6) is 1.12. The largest absolute Gasteiger partial charge is 0.506 e. The lowest BCUT2D eigenvalue weighted by Gasteiger charge is -2.28. The van der Waals surface area contributed by atoms with Crippen molar-refractivity contribution >= 4 is 23.1 Å². The number of phenols is 1. The van der Waals surface area contributed by atoms with Crippen molar-refractivity contribution in [1.29, 1.82) is 0 Å². The van der Waals surface area contributed by atoms with E-state index in [0.717, 1.165) is 11.3 Å². The van der Waals surface area contributed by atoms with E-state index in [1.165, 1.54) is 6.26 Å². The first-order valence-corrected chi connectivity index (χ1v) is 9.86. The topological polar surface area (TPSA) is 68.9 Å². The Morgan fingerprint density at radius 1 is 0.900 bits per heavy atom. The van der Waals surface area contributed by atoms with E-state index in [1.54, 1.807) is 12.1 Å². The van der Waals surface area contributed by atoms with Crippen molar-refractivity contribution in [3.63, 3.8) is 0 Å². The highest BCUT2D eigenvalue weighted by Gasteiger charge is 2.27. The zero-order valence-corrected chi connectivity index (χ0v) is 17.3. The number of hydrogen-bond donors (Lipinski definition) is 1. The van der Waals surface area contributed by atoms with E-state index in [4.69, 9.17) is 13.9 Å². The molecular weight excluding hydrogens is 380 g/mol. The Bertz CT molecular complexity index is 1320. The van der Waals surface area contributed by atoms with Crippen molar-refractivity contribution < 1.29 is 19.0 Å². The molecule has 1 aromatic heterocycles. The maximum atomic E-state index is 13.3. The van der Waals surface area contributed by atoms with Crippen LogP contribution < -0.4 is 14.9 Å². The SMILES string of the molecule is CC1(C)C=Cc2cc(-c3coc4cc5c(c(O)c4c3=O)C=CC(C)(C)O5)ccc2O1. The molecule has 3 aromatic rings. The van der Waals surface area contributed by atoms with Gasteiger partial charge in [0.05, 0.1) is 11.1 Å². The van der Waals surface area contributed by atoms with E-state index in [0.29, 0.717) is 22.4 Å². The molecule has 0 unspecified atom stereocenters. The molecule has 0 saturated carbocycles. The van der Waals surface area contributed by atoms with Gasteiger partial charge >= 0.3 is 0 Å². The molecule has 0 bridgehead atoms. The summed E-state index contributed by atoms with van der Waals surface area (Å²) in [6, 6.07) is 7.23. The Hall–Kier alpha value is -3.47. The minimum absolute atomic E-state index is 0.132. The van der Waals surface area contributed by atoms with Crippen molar-refractivity contribution in [2.75, 3.05) is 0 Å². The number of fused-ring (bicyclic) bond motifs is 3. The quantitative estimate of drug-likeness (QED) is 0.579. The molecule has 30 heavy (non-hydrogen) atoms. The maximum Gasteiger partial charge on any atom is 0.204 e. The van der Waals surface area contributed by atoms with E-state index in [1.807, 2.05) is 64.1 Å². The molecule has 3 heterocycles. The van der Waals surface area contributed by atoms with E-state index >= 15 is 0 Å². The number of benzene rings is 2. The Balaban J connectivity index is 1.67. The molecule has 152 valence electrons. The van der Waals surface area contributed by atoms with Gasteiger partial charge in [0.1, 0.15) is 45.7 Å². The Morgan fingerprint density at radius 3 is 2.37 bits per heavy atom. The fourth-order valence-electron chi connectivity index (χ4n) is 3.85. The highest BCUT2D eigenvalue weighted by molar-refractivity contribution is 5.93. The molecule has 0 atom stereocenters. The molecule has 2 aromatic carbocycles. The molecular formula is C25H22O5. The van der Waals surface area contributed by atoms with Crippen molar-refractivity contribution in [2.45, 2.75) is 38.9 Å². The monoisotopic (exact) mass is 402 g/mol. The summed E-state index contributed by atoms with van der Waals surface area (Å²) in [6.07, 6.45) is 9.03. The molecule has 2 aliphatic rings. The van der Waals surface area contributed by atoms with Crippen LogP contribution in [0, 0.1) is 0 Å². The third kappa shape index (κ3) is 2.89. The van der Waals surface area contributed by atoms with Crippen molar-refractivity contribution in [3.05, 3.63) is 64.0 Å². The van der Waals surface area contributed by atoms with Crippen LogP contribution in [-0.4, -0.2) is 16.3 Å². The molecule has 0 radical (unpaired) electrons. The Labute approximate surface area is 173 Å². The average molecular weight is 402 g/mol. The Kier molecular flexibility index (Phi) is 3.72. The lowest BCUT2D eigenvalue weighted by molar-refractivity contribution is 0.158. The summed E-state index contributed by atoms with van der Waals surface area (Å²) in [6.45, 7) is 7.81. The Morgan fingerprint density at radius 2 is 1.60 bits per heavy atom. The highest BCUT2D eigenvalue weighted by Crippen LogP contribution is 2.41. The lowest BCUT2D eigenvalue weighted by Crippen LogP contribution is -2.27. The second-order valence-corrected chi connectivity index (χ2v) is 8.82. The van der Waals surface area contributed by atoms with Crippen LogP contribution in [-0.2, 0) is 0 Å². The summed E-state index contributed by atoms with van der Waals surface area (Å²) in [7, 11) is 0. The summed E-state index contributed by atoms with van der Waals surface area (Å²) in [4.78, 5) is 13.3. The van der Waals surface area contributed by atoms with Gasteiger partial charge in [-0.3, -0.25) is 4.79 Å². The van der Waals surface area contributed by atoms with E-state index < -0.39 is 5.60 Å². The maximum absolute atomic E-state index is 13.3. The first kappa shape index (κ1) is 18.6. The van der Waals surface area contributed by atoms with Gasteiger partial charge in [-0.05, 0) is 63.6 Å². The van der Waals surface area contributed by atoms with Gasteiger partial charge in [0.2, 0.25) is 5.43 Å². The van der Waals surface area contributed by atoms with Gasteiger partial charge in [-0.2, -0.15) is 0 Å². The van der Waals surface area contributed by atoms with Crippen LogP contribution in [0.3, 0.4) is 0 Å². The smallest absolute Gasteiger partial charge is 0.204 e. The number of ether oxygens (including phenoxy) is 2. The number of phenolic OH excluding ortho intramolecular Hbond substituents is 1. The lowest BCUT2D eigenvalue weighted by atomic mass is 9.96. The molecule has 1 N–H and O–H groups in total. The molecule has 0 aliphatic carbocycles. The molecule has 0 amide bonds. The van der Waals surface area contributed by atoms with Gasteiger partial charge in [0, 0.05) is 11.6 Å². The number of aromatic hydroxyl groups is 1. The average Bonchev–Trinajstić information content (AvgIpc) is 2.66. The molecule has 5 nitrogen and oxygen atoms in total. The minimum Gasteiger partial charge on any atom is -0.506 e. The summed E-state index contributed by atoms with van der Waals surface area (Å²) >= 11 is 0. The molecule has 5 rings (SSSR count). The highest BCUT2D eigenvalue weighted by atomic mass is 16.5. The van der Waals surface area contributed by atoms with Crippen LogP contribution >= 0.6 is 0 Å². The number of hydrogen-bond acceptors (Lipinski definition) is 5. The summed E-state index contributed by atoms with van der Waals surface area (Å²) < 4.78 is 17.6. The minimum atomic E-state index is -0.499. The fraction of sp³-hybridized carbons (Fsp3) is 0.240. The van der Waals surface area contributed by atoms with Crippen molar-refractivity contribution in [3.8, 4) is 28.4 Å². The predicted octanol–water partition coefficient (Wildman–Crippen LogP) is 5.53. The van der Waals surface area contributed by atoms with Crippen LogP contribution in [0.2, 0.25) is 0 Å². The van der Waals surface area contributed by atoms with Crippen LogP contribution in [0.1, 0.15) is 38.8 Å². The van der Waals surface area contributed by atoms with Crippen LogP contribution in [0.5, 0.6) is 17.2 Å². The second-order valence-electron chi connectivity index (χ2n) is 8.82. The van der Waals surface area contributed by atoms with Gasteiger partial charge in [-0.25, -0.2) is 0 Å². The van der Waals surface area contributed by atoms with Gasteiger partial charge in [0.15, 0.2) is 0 Å². The first-order valence-electron chi connectivity index (χ1n) is 9.86. The third-order valence-corrected chi connectivity index (χ3v) is 5.42. The van der Waals surface area contributed by atoms with Crippen LogP contribution in [0.4, 0.5) is 0 Å². The molecule has 0 fully saturated rings. The standard InChI is InChI=1S/C25H22O5/c1-24(2)9-7-15-11-14(5-6-18(15)29-24)17-13-28-20-12-19-16(8-10-25(3,4)30-19)22(26)21(20)23(17)27/h5-13,26H,1-4H3. The fourth-order valence-corrected chi connectivity index (χ4v) is 3.85. The molecule has 5 heteroatoms. The normalized spacial score (nSPS) is 17.7. The van der Waals surface area contributed by atoms with Crippen molar-refractivity contribution in [1.82, 2.24) is 0 Å².